The Hall–Kier alpha value is -3.33. The summed E-state index contributed by atoms with van der Waals surface area (Å²) in [5.41, 5.74) is 5.22. The fraction of sp³-hybridized carbons (Fsp3) is 0.0455. The van der Waals surface area contributed by atoms with Crippen LogP contribution in [0.25, 0.3) is 22.1 Å². The zero-order valence-electron chi connectivity index (χ0n) is 13.8. The Bertz CT molecular complexity index is 1100. The Balaban J connectivity index is 1.86. The molecular formula is C22H17NO2. The van der Waals surface area contributed by atoms with Crippen LogP contribution in [0.2, 0.25) is 0 Å². The highest BCUT2D eigenvalue weighted by Gasteiger charge is 2.09. The van der Waals surface area contributed by atoms with E-state index in [0.717, 1.165) is 33.5 Å². The predicted molar refractivity (Wildman–Crippen MR) is 102 cm³/mol. The van der Waals surface area contributed by atoms with E-state index >= 15 is 0 Å². The number of nitrogens with one attached hydrogen (secondary N) is 1. The number of hydrogen-bond acceptors (Lipinski definition) is 3. The third-order valence-corrected chi connectivity index (χ3v) is 4.18. The lowest BCUT2D eigenvalue weighted by Crippen LogP contribution is -2.02. The van der Waals surface area contributed by atoms with Gasteiger partial charge in [0, 0.05) is 22.7 Å². The van der Waals surface area contributed by atoms with Crippen LogP contribution in [-0.2, 0) is 0 Å². The number of anilines is 2. The highest BCUT2D eigenvalue weighted by Crippen LogP contribution is 2.32. The van der Waals surface area contributed by atoms with Crippen LogP contribution in [0.4, 0.5) is 11.4 Å². The minimum absolute atomic E-state index is 0.365. The van der Waals surface area contributed by atoms with Gasteiger partial charge in [0.2, 0.25) is 0 Å². The van der Waals surface area contributed by atoms with Gasteiger partial charge in [0.15, 0.2) is 0 Å². The largest absolute Gasteiger partial charge is 0.423 e. The average Bonchev–Trinajstić information content (AvgIpc) is 2.63. The molecule has 1 N–H and O–H groups in total. The Morgan fingerprint density at radius 1 is 0.800 bits per heavy atom. The van der Waals surface area contributed by atoms with Crippen molar-refractivity contribution < 1.29 is 4.42 Å². The van der Waals surface area contributed by atoms with Crippen LogP contribution in [0.15, 0.2) is 88.1 Å². The van der Waals surface area contributed by atoms with Gasteiger partial charge in [-0.15, -0.1) is 0 Å². The molecule has 0 bridgehead atoms. The number of aryl methyl sites for hydroxylation is 1. The van der Waals surface area contributed by atoms with Crippen LogP contribution >= 0.6 is 0 Å². The highest BCUT2D eigenvalue weighted by molar-refractivity contribution is 5.94. The molecule has 3 aromatic carbocycles. The molecule has 0 unspecified atom stereocenters. The van der Waals surface area contributed by atoms with E-state index in [1.54, 1.807) is 0 Å². The average molecular weight is 327 g/mol. The topological polar surface area (TPSA) is 42.2 Å². The van der Waals surface area contributed by atoms with Crippen LogP contribution in [0.5, 0.6) is 0 Å². The van der Waals surface area contributed by atoms with Gasteiger partial charge in [-0.1, -0.05) is 60.2 Å². The third-order valence-electron chi connectivity index (χ3n) is 4.18. The van der Waals surface area contributed by atoms with E-state index < -0.39 is 0 Å². The first-order chi connectivity index (χ1) is 12.2. The number of benzene rings is 3. The first-order valence-corrected chi connectivity index (χ1v) is 8.17. The van der Waals surface area contributed by atoms with E-state index in [9.17, 15) is 4.79 Å². The van der Waals surface area contributed by atoms with Crippen LogP contribution in [-0.4, -0.2) is 0 Å². The van der Waals surface area contributed by atoms with Crippen molar-refractivity contribution in [1.82, 2.24) is 0 Å². The molecule has 0 aliphatic heterocycles. The van der Waals surface area contributed by atoms with Crippen molar-refractivity contribution >= 4 is 22.3 Å². The Kier molecular flexibility index (Phi) is 3.82. The third kappa shape index (κ3) is 3.04. The lowest BCUT2D eigenvalue weighted by atomic mass is 10.0. The van der Waals surface area contributed by atoms with Crippen LogP contribution in [0.1, 0.15) is 5.56 Å². The van der Waals surface area contributed by atoms with Gasteiger partial charge in [-0.3, -0.25) is 0 Å². The molecule has 122 valence electrons. The van der Waals surface area contributed by atoms with Gasteiger partial charge in [0.1, 0.15) is 5.58 Å². The summed E-state index contributed by atoms with van der Waals surface area (Å²) in [6, 6.07) is 25.5. The number of hydrogen-bond donors (Lipinski definition) is 1. The summed E-state index contributed by atoms with van der Waals surface area (Å²) in [6.07, 6.45) is 0. The van der Waals surface area contributed by atoms with Crippen molar-refractivity contribution in [3.05, 3.63) is 94.8 Å². The minimum atomic E-state index is -0.365. The molecule has 3 heteroatoms. The predicted octanol–water partition coefficient (Wildman–Crippen LogP) is 5.51. The smallest absolute Gasteiger partial charge is 0.338 e. The van der Waals surface area contributed by atoms with Gasteiger partial charge in [-0.05, 0) is 30.7 Å². The van der Waals surface area contributed by atoms with E-state index in [4.69, 9.17) is 4.42 Å². The highest BCUT2D eigenvalue weighted by atomic mass is 16.4. The molecule has 4 aromatic rings. The quantitative estimate of drug-likeness (QED) is 0.504. The zero-order chi connectivity index (χ0) is 17.2. The molecule has 0 saturated carbocycles. The molecule has 0 aliphatic carbocycles. The molecule has 4 rings (SSSR count). The summed E-state index contributed by atoms with van der Waals surface area (Å²) in [5, 5.41) is 4.31. The summed E-state index contributed by atoms with van der Waals surface area (Å²) in [4.78, 5) is 11.9. The fourth-order valence-corrected chi connectivity index (χ4v) is 2.99. The van der Waals surface area contributed by atoms with Gasteiger partial charge in [-0.25, -0.2) is 4.79 Å². The maximum Gasteiger partial charge on any atom is 0.338 e. The fourth-order valence-electron chi connectivity index (χ4n) is 2.99. The molecule has 1 aromatic heterocycles. The van der Waals surface area contributed by atoms with Crippen LogP contribution in [0, 0.1) is 6.92 Å². The maximum atomic E-state index is 11.9. The molecular weight excluding hydrogens is 310 g/mol. The van der Waals surface area contributed by atoms with Crippen molar-refractivity contribution in [2.45, 2.75) is 6.92 Å². The van der Waals surface area contributed by atoms with Crippen molar-refractivity contribution in [2.75, 3.05) is 5.32 Å². The molecule has 25 heavy (non-hydrogen) atoms. The van der Waals surface area contributed by atoms with Gasteiger partial charge in [0.05, 0.1) is 5.69 Å². The monoisotopic (exact) mass is 327 g/mol. The second-order valence-corrected chi connectivity index (χ2v) is 6.02. The van der Waals surface area contributed by atoms with E-state index in [1.165, 1.54) is 6.07 Å². The lowest BCUT2D eigenvalue weighted by molar-refractivity contribution is 0.561. The number of para-hydroxylation sites is 1. The molecule has 0 radical (unpaired) electrons. The van der Waals surface area contributed by atoms with Crippen molar-refractivity contribution in [3.63, 3.8) is 0 Å². The van der Waals surface area contributed by atoms with Crippen molar-refractivity contribution in [2.24, 2.45) is 0 Å². The van der Waals surface area contributed by atoms with E-state index in [1.807, 2.05) is 61.5 Å². The molecule has 0 saturated heterocycles. The number of fused-ring (bicyclic) bond motifs is 1. The summed E-state index contributed by atoms with van der Waals surface area (Å²) < 4.78 is 5.31. The van der Waals surface area contributed by atoms with Gasteiger partial charge >= 0.3 is 5.63 Å². The van der Waals surface area contributed by atoms with Crippen LogP contribution in [0.3, 0.4) is 0 Å². The van der Waals surface area contributed by atoms with Crippen molar-refractivity contribution in [3.8, 4) is 11.1 Å². The van der Waals surface area contributed by atoms with Gasteiger partial charge in [-0.2, -0.15) is 0 Å². The molecule has 0 fully saturated rings. The summed E-state index contributed by atoms with van der Waals surface area (Å²) >= 11 is 0. The first-order valence-electron chi connectivity index (χ1n) is 8.17. The molecule has 3 nitrogen and oxygen atoms in total. The number of rotatable bonds is 3. The molecule has 0 spiro atoms. The minimum Gasteiger partial charge on any atom is -0.423 e. The Morgan fingerprint density at radius 3 is 2.40 bits per heavy atom. The molecule has 0 atom stereocenters. The first kappa shape index (κ1) is 15.2. The second kappa shape index (κ2) is 6.29. The maximum absolute atomic E-state index is 11.9. The van der Waals surface area contributed by atoms with E-state index in [-0.39, 0.29) is 5.63 Å². The molecule has 0 amide bonds. The summed E-state index contributed by atoms with van der Waals surface area (Å²) in [7, 11) is 0. The van der Waals surface area contributed by atoms with Gasteiger partial charge < -0.3 is 9.73 Å². The Morgan fingerprint density at radius 2 is 1.56 bits per heavy atom. The molecule has 0 aliphatic rings. The normalized spacial score (nSPS) is 10.8. The van der Waals surface area contributed by atoms with E-state index in [2.05, 4.69) is 23.5 Å². The summed E-state index contributed by atoms with van der Waals surface area (Å²) in [6.45, 7) is 2.02. The zero-order valence-corrected chi connectivity index (χ0v) is 13.8. The van der Waals surface area contributed by atoms with Crippen molar-refractivity contribution in [1.29, 1.82) is 0 Å². The van der Waals surface area contributed by atoms with Crippen LogP contribution < -0.4 is 10.9 Å². The standard InChI is InChI=1S/C22H17NO2/c1-15-11-12-21-18(13-15)20(14-22(24)25-21)23-19-10-6-5-9-17(19)16-7-3-2-4-8-16/h2-14,23H,1H3. The van der Waals surface area contributed by atoms with Gasteiger partial charge in [0.25, 0.3) is 0 Å². The lowest BCUT2D eigenvalue weighted by Gasteiger charge is -2.14. The Labute approximate surface area is 145 Å². The second-order valence-electron chi connectivity index (χ2n) is 6.02. The van der Waals surface area contributed by atoms with E-state index in [0.29, 0.717) is 5.58 Å². The SMILES string of the molecule is Cc1ccc2oc(=O)cc(Nc3ccccc3-c3ccccc3)c2c1. The molecule has 1 heterocycles. The summed E-state index contributed by atoms with van der Waals surface area (Å²) in [5.74, 6) is 0.